The van der Waals surface area contributed by atoms with Crippen LogP contribution in [0.2, 0.25) is 0 Å². The molecule has 0 N–H and O–H groups in total. The molecule has 0 radical (unpaired) electrons. The van der Waals surface area contributed by atoms with Gasteiger partial charge >= 0.3 is 0 Å². The molecule has 0 fully saturated rings. The van der Waals surface area contributed by atoms with Crippen LogP contribution in [0, 0.1) is 11.3 Å². The van der Waals surface area contributed by atoms with Crippen molar-refractivity contribution in [2.75, 3.05) is 0 Å². The van der Waals surface area contributed by atoms with Crippen molar-refractivity contribution in [3.63, 3.8) is 0 Å². The Morgan fingerprint density at radius 1 is 0.926 bits per heavy atom. The molecule has 4 rings (SSSR count). The summed E-state index contributed by atoms with van der Waals surface area (Å²) in [5, 5.41) is 13.8. The third-order valence-corrected chi connectivity index (χ3v) is 4.48. The quantitative estimate of drug-likeness (QED) is 0.564. The number of hydrogen-bond acceptors (Lipinski definition) is 3. The number of nitriles is 1. The predicted molar refractivity (Wildman–Crippen MR) is 104 cm³/mol. The second-order valence-corrected chi connectivity index (χ2v) is 6.22. The number of hydrogen-bond donors (Lipinski definition) is 0. The van der Waals surface area contributed by atoms with E-state index in [1.165, 1.54) is 0 Å². The molecular weight excluding hydrogens is 336 g/mol. The van der Waals surface area contributed by atoms with Crippen LogP contribution in [-0.2, 0) is 7.05 Å². The summed E-state index contributed by atoms with van der Waals surface area (Å²) in [7, 11) is 1.73. The molecule has 5 heteroatoms. The van der Waals surface area contributed by atoms with Crippen LogP contribution in [0.1, 0.15) is 5.56 Å². The standard InChI is InChI=1S/C22H16N4O/c1-25-15-20(19(11-22(25)27)16-7-3-2-4-8-16)18-13-24-26(14-18)21-10-6-5-9-17(21)12-23/h2-11,13-15H,1H3. The van der Waals surface area contributed by atoms with Crippen LogP contribution in [0.25, 0.3) is 27.9 Å². The molecule has 0 aliphatic heterocycles. The second-order valence-electron chi connectivity index (χ2n) is 6.22. The van der Waals surface area contributed by atoms with Gasteiger partial charge in [-0.25, -0.2) is 4.68 Å². The lowest BCUT2D eigenvalue weighted by molar-refractivity contribution is 0.863. The maximum Gasteiger partial charge on any atom is 0.250 e. The molecule has 27 heavy (non-hydrogen) atoms. The van der Waals surface area contributed by atoms with Crippen molar-refractivity contribution in [3.8, 4) is 34.0 Å². The van der Waals surface area contributed by atoms with E-state index in [1.54, 1.807) is 34.6 Å². The first-order chi connectivity index (χ1) is 13.2. The van der Waals surface area contributed by atoms with Gasteiger partial charge < -0.3 is 4.57 Å². The summed E-state index contributed by atoms with van der Waals surface area (Å²) in [4.78, 5) is 12.2. The van der Waals surface area contributed by atoms with Crippen LogP contribution in [0.4, 0.5) is 0 Å². The lowest BCUT2D eigenvalue weighted by Gasteiger charge is -2.10. The van der Waals surface area contributed by atoms with Crippen molar-refractivity contribution < 1.29 is 0 Å². The molecule has 130 valence electrons. The van der Waals surface area contributed by atoms with Gasteiger partial charge in [0.25, 0.3) is 5.56 Å². The fourth-order valence-electron chi connectivity index (χ4n) is 3.08. The zero-order chi connectivity index (χ0) is 18.8. The largest absolute Gasteiger partial charge is 0.318 e. The van der Waals surface area contributed by atoms with E-state index < -0.39 is 0 Å². The van der Waals surface area contributed by atoms with Gasteiger partial charge in [-0.05, 0) is 23.3 Å². The van der Waals surface area contributed by atoms with Crippen molar-refractivity contribution in [1.29, 1.82) is 5.26 Å². The van der Waals surface area contributed by atoms with Crippen molar-refractivity contribution in [2.45, 2.75) is 0 Å². The van der Waals surface area contributed by atoms with Gasteiger partial charge in [0.1, 0.15) is 6.07 Å². The Hall–Kier alpha value is -3.91. The SMILES string of the molecule is Cn1cc(-c2cnn(-c3ccccc3C#N)c2)c(-c2ccccc2)cc1=O. The molecule has 4 aromatic rings. The normalized spacial score (nSPS) is 10.5. The minimum absolute atomic E-state index is 0.0696. The molecule has 0 bridgehead atoms. The molecule has 0 unspecified atom stereocenters. The topological polar surface area (TPSA) is 63.6 Å². The molecule has 0 saturated carbocycles. The average Bonchev–Trinajstić information content (AvgIpc) is 3.20. The lowest BCUT2D eigenvalue weighted by Crippen LogP contribution is -2.15. The predicted octanol–water partition coefficient (Wildman–Crippen LogP) is 3.78. The minimum atomic E-state index is -0.0696. The minimum Gasteiger partial charge on any atom is -0.318 e. The third-order valence-electron chi connectivity index (χ3n) is 4.48. The van der Waals surface area contributed by atoms with E-state index >= 15 is 0 Å². The van der Waals surface area contributed by atoms with Crippen LogP contribution in [0.3, 0.4) is 0 Å². The number of nitrogens with zero attached hydrogens (tertiary/aromatic N) is 4. The van der Waals surface area contributed by atoms with Crippen molar-refractivity contribution in [1.82, 2.24) is 14.3 Å². The summed E-state index contributed by atoms with van der Waals surface area (Å²) in [6.45, 7) is 0. The second kappa shape index (κ2) is 6.77. The highest BCUT2D eigenvalue weighted by Gasteiger charge is 2.13. The maximum absolute atomic E-state index is 12.2. The Labute approximate surface area is 156 Å². The number of para-hydroxylation sites is 1. The molecule has 0 amide bonds. The molecule has 0 atom stereocenters. The fourth-order valence-corrected chi connectivity index (χ4v) is 3.08. The average molecular weight is 352 g/mol. The summed E-state index contributed by atoms with van der Waals surface area (Å²) >= 11 is 0. The van der Waals surface area contributed by atoms with Gasteiger partial charge in [-0.3, -0.25) is 4.79 Å². The van der Waals surface area contributed by atoms with Crippen molar-refractivity contribution in [2.24, 2.45) is 7.05 Å². The van der Waals surface area contributed by atoms with Crippen LogP contribution in [0.15, 0.2) is 84.0 Å². The van der Waals surface area contributed by atoms with E-state index in [0.717, 1.165) is 27.9 Å². The molecule has 0 spiro atoms. The van der Waals surface area contributed by atoms with Crippen LogP contribution in [0.5, 0.6) is 0 Å². The summed E-state index contributed by atoms with van der Waals surface area (Å²) in [6, 6.07) is 21.0. The summed E-state index contributed by atoms with van der Waals surface area (Å²) < 4.78 is 3.25. The van der Waals surface area contributed by atoms with Gasteiger partial charge in [0.05, 0.1) is 17.4 Å². The maximum atomic E-state index is 12.2. The van der Waals surface area contributed by atoms with E-state index in [1.807, 2.05) is 60.9 Å². The van der Waals surface area contributed by atoms with Crippen LogP contribution >= 0.6 is 0 Å². The summed E-state index contributed by atoms with van der Waals surface area (Å²) in [5.74, 6) is 0. The van der Waals surface area contributed by atoms with Gasteiger partial charge in [-0.2, -0.15) is 10.4 Å². The van der Waals surface area contributed by atoms with E-state index in [2.05, 4.69) is 11.2 Å². The van der Waals surface area contributed by atoms with Gasteiger partial charge in [-0.15, -0.1) is 0 Å². The highest BCUT2D eigenvalue weighted by molar-refractivity contribution is 5.82. The van der Waals surface area contributed by atoms with Crippen LogP contribution in [-0.4, -0.2) is 14.3 Å². The highest BCUT2D eigenvalue weighted by Crippen LogP contribution is 2.31. The lowest BCUT2D eigenvalue weighted by atomic mass is 9.98. The number of rotatable bonds is 3. The zero-order valence-corrected chi connectivity index (χ0v) is 14.7. The Morgan fingerprint density at radius 2 is 1.67 bits per heavy atom. The Balaban J connectivity index is 1.88. The fraction of sp³-hybridized carbons (Fsp3) is 0.0455. The molecule has 0 saturated heterocycles. The first kappa shape index (κ1) is 16.6. The van der Waals surface area contributed by atoms with Crippen LogP contribution < -0.4 is 5.56 Å². The Morgan fingerprint density at radius 3 is 2.44 bits per heavy atom. The van der Waals surface area contributed by atoms with E-state index in [0.29, 0.717) is 5.56 Å². The van der Waals surface area contributed by atoms with Gasteiger partial charge in [0.2, 0.25) is 0 Å². The molecule has 0 aliphatic carbocycles. The molecule has 2 aromatic heterocycles. The number of pyridine rings is 1. The summed E-state index contributed by atoms with van der Waals surface area (Å²) in [5.41, 5.74) is 4.80. The highest BCUT2D eigenvalue weighted by atomic mass is 16.1. The number of aromatic nitrogens is 3. The smallest absolute Gasteiger partial charge is 0.250 e. The Kier molecular flexibility index (Phi) is 4.15. The summed E-state index contributed by atoms with van der Waals surface area (Å²) in [6.07, 6.45) is 5.45. The first-order valence-corrected chi connectivity index (χ1v) is 8.48. The van der Waals surface area contributed by atoms with Crippen molar-refractivity contribution >= 4 is 0 Å². The first-order valence-electron chi connectivity index (χ1n) is 8.48. The van der Waals surface area contributed by atoms with E-state index in [4.69, 9.17) is 0 Å². The molecule has 2 heterocycles. The number of benzene rings is 2. The Bertz CT molecular complexity index is 1210. The third kappa shape index (κ3) is 3.05. The molecule has 2 aromatic carbocycles. The molecular formula is C22H16N4O. The van der Waals surface area contributed by atoms with Gasteiger partial charge in [0.15, 0.2) is 0 Å². The molecule has 5 nitrogen and oxygen atoms in total. The molecule has 0 aliphatic rings. The van der Waals surface area contributed by atoms with Gasteiger partial charge in [-0.1, -0.05) is 42.5 Å². The van der Waals surface area contributed by atoms with E-state index in [-0.39, 0.29) is 5.56 Å². The zero-order valence-electron chi connectivity index (χ0n) is 14.7. The van der Waals surface area contributed by atoms with Crippen molar-refractivity contribution in [3.05, 3.63) is 95.2 Å². The monoisotopic (exact) mass is 352 g/mol. The van der Waals surface area contributed by atoms with E-state index in [9.17, 15) is 10.1 Å². The number of aryl methyl sites for hydroxylation is 1. The van der Waals surface area contributed by atoms with Gasteiger partial charge in [0, 0.05) is 36.6 Å².